The van der Waals surface area contributed by atoms with Crippen LogP contribution < -0.4 is 0 Å². The topological polar surface area (TPSA) is 26.0 Å². The van der Waals surface area contributed by atoms with Gasteiger partial charge in [-0.3, -0.25) is 0 Å². The van der Waals surface area contributed by atoms with Crippen LogP contribution in [0, 0.1) is 6.92 Å². The predicted octanol–water partition coefficient (Wildman–Crippen LogP) is 3.70. The van der Waals surface area contributed by atoms with E-state index in [-0.39, 0.29) is 0 Å². The summed E-state index contributed by atoms with van der Waals surface area (Å²) < 4.78 is 5.38. The van der Waals surface area contributed by atoms with Gasteiger partial charge in [0.15, 0.2) is 0 Å². The van der Waals surface area contributed by atoms with E-state index in [1.165, 1.54) is 16.7 Å². The molecule has 0 aliphatic rings. The summed E-state index contributed by atoms with van der Waals surface area (Å²) >= 11 is 0. The van der Waals surface area contributed by atoms with E-state index in [4.69, 9.17) is 4.52 Å². The number of nitrogens with zero attached hydrogens (tertiary/aromatic N) is 1. The maximum absolute atomic E-state index is 5.38. The molecule has 2 nitrogen and oxygen atoms in total. The zero-order valence-corrected chi connectivity index (χ0v) is 10.8. The van der Waals surface area contributed by atoms with Crippen LogP contribution in [-0.4, -0.2) is 5.16 Å². The van der Waals surface area contributed by atoms with Crippen LogP contribution in [0.3, 0.4) is 0 Å². The molecular weight excluding hydrogens is 210 g/mol. The SMILES string of the molecule is CCc1noc(CC)c1Cc1ccc(C)cc1. The summed E-state index contributed by atoms with van der Waals surface area (Å²) in [5, 5.41) is 4.14. The van der Waals surface area contributed by atoms with Crippen LogP contribution in [0.25, 0.3) is 0 Å². The summed E-state index contributed by atoms with van der Waals surface area (Å²) in [4.78, 5) is 0. The molecule has 0 radical (unpaired) electrons. The Morgan fingerprint density at radius 3 is 2.35 bits per heavy atom. The van der Waals surface area contributed by atoms with Crippen LogP contribution in [-0.2, 0) is 19.3 Å². The minimum Gasteiger partial charge on any atom is -0.361 e. The highest BCUT2D eigenvalue weighted by molar-refractivity contribution is 5.32. The Morgan fingerprint density at radius 2 is 1.76 bits per heavy atom. The van der Waals surface area contributed by atoms with Gasteiger partial charge in [0.2, 0.25) is 0 Å². The van der Waals surface area contributed by atoms with Crippen molar-refractivity contribution in [1.29, 1.82) is 0 Å². The van der Waals surface area contributed by atoms with Crippen molar-refractivity contribution in [2.75, 3.05) is 0 Å². The fourth-order valence-electron chi connectivity index (χ4n) is 2.05. The molecule has 0 fully saturated rings. The first-order chi connectivity index (χ1) is 8.24. The van der Waals surface area contributed by atoms with Gasteiger partial charge in [0.25, 0.3) is 0 Å². The van der Waals surface area contributed by atoms with Crippen molar-refractivity contribution in [2.24, 2.45) is 0 Å². The molecule has 2 heteroatoms. The molecule has 0 spiro atoms. The average molecular weight is 229 g/mol. The van der Waals surface area contributed by atoms with Gasteiger partial charge in [0, 0.05) is 18.4 Å². The maximum Gasteiger partial charge on any atom is 0.140 e. The third-order valence-corrected chi connectivity index (χ3v) is 3.11. The molecule has 2 rings (SSSR count). The second kappa shape index (κ2) is 5.17. The number of benzene rings is 1. The molecule has 0 saturated heterocycles. The second-order valence-corrected chi connectivity index (χ2v) is 4.40. The Balaban J connectivity index is 2.28. The fraction of sp³-hybridized carbons (Fsp3) is 0.400. The molecule has 0 bridgehead atoms. The van der Waals surface area contributed by atoms with Gasteiger partial charge in [-0.25, -0.2) is 0 Å². The number of hydrogen-bond donors (Lipinski definition) is 0. The minimum atomic E-state index is 0.911. The van der Waals surface area contributed by atoms with E-state index in [9.17, 15) is 0 Å². The largest absolute Gasteiger partial charge is 0.361 e. The van der Waals surface area contributed by atoms with E-state index in [0.29, 0.717) is 0 Å². The van der Waals surface area contributed by atoms with Crippen molar-refractivity contribution in [3.8, 4) is 0 Å². The van der Waals surface area contributed by atoms with E-state index in [1.54, 1.807) is 0 Å². The van der Waals surface area contributed by atoms with E-state index < -0.39 is 0 Å². The van der Waals surface area contributed by atoms with Gasteiger partial charge in [-0.15, -0.1) is 0 Å². The molecule has 2 aromatic rings. The zero-order valence-electron chi connectivity index (χ0n) is 10.8. The molecule has 0 aliphatic heterocycles. The highest BCUT2D eigenvalue weighted by Gasteiger charge is 2.13. The fourth-order valence-corrected chi connectivity index (χ4v) is 2.05. The molecule has 0 saturated carbocycles. The molecule has 0 atom stereocenters. The standard InChI is InChI=1S/C15H19NO/c1-4-14-13(15(5-2)17-16-14)10-12-8-6-11(3)7-9-12/h6-9H,4-5,10H2,1-3H3. The lowest BCUT2D eigenvalue weighted by Gasteiger charge is -2.03. The Labute approximate surface area is 103 Å². The first kappa shape index (κ1) is 11.9. The summed E-state index contributed by atoms with van der Waals surface area (Å²) in [5.74, 6) is 1.03. The number of aryl methyl sites for hydroxylation is 3. The predicted molar refractivity (Wildman–Crippen MR) is 69.2 cm³/mol. The van der Waals surface area contributed by atoms with Gasteiger partial charge in [0.05, 0.1) is 5.69 Å². The van der Waals surface area contributed by atoms with Crippen molar-refractivity contribution in [3.05, 3.63) is 52.4 Å². The van der Waals surface area contributed by atoms with Crippen molar-refractivity contribution in [3.63, 3.8) is 0 Å². The Morgan fingerprint density at radius 1 is 1.06 bits per heavy atom. The second-order valence-electron chi connectivity index (χ2n) is 4.40. The van der Waals surface area contributed by atoms with Crippen molar-refractivity contribution < 1.29 is 4.52 Å². The summed E-state index contributed by atoms with van der Waals surface area (Å²) in [6.07, 6.45) is 2.77. The molecule has 1 heterocycles. The monoisotopic (exact) mass is 229 g/mol. The number of aromatic nitrogens is 1. The summed E-state index contributed by atoms with van der Waals surface area (Å²) in [6.45, 7) is 6.34. The third kappa shape index (κ3) is 2.57. The van der Waals surface area contributed by atoms with Crippen LogP contribution in [0.4, 0.5) is 0 Å². The molecule has 0 unspecified atom stereocenters. The molecular formula is C15H19NO. The molecule has 1 aromatic heterocycles. The van der Waals surface area contributed by atoms with E-state index in [2.05, 4.69) is 50.2 Å². The van der Waals surface area contributed by atoms with E-state index >= 15 is 0 Å². The molecule has 0 N–H and O–H groups in total. The molecule has 1 aromatic carbocycles. The van der Waals surface area contributed by atoms with Gasteiger partial charge in [-0.1, -0.05) is 48.8 Å². The first-order valence-corrected chi connectivity index (χ1v) is 6.26. The van der Waals surface area contributed by atoms with Crippen LogP contribution >= 0.6 is 0 Å². The molecule has 90 valence electrons. The smallest absolute Gasteiger partial charge is 0.140 e. The van der Waals surface area contributed by atoms with Crippen LogP contribution in [0.15, 0.2) is 28.8 Å². The third-order valence-electron chi connectivity index (χ3n) is 3.11. The lowest BCUT2D eigenvalue weighted by Crippen LogP contribution is -1.95. The summed E-state index contributed by atoms with van der Waals surface area (Å²) in [7, 11) is 0. The maximum atomic E-state index is 5.38. The van der Waals surface area contributed by atoms with Crippen LogP contribution in [0.5, 0.6) is 0 Å². The normalized spacial score (nSPS) is 10.8. The van der Waals surface area contributed by atoms with Gasteiger partial charge >= 0.3 is 0 Å². The lowest BCUT2D eigenvalue weighted by atomic mass is 10.0. The van der Waals surface area contributed by atoms with Crippen molar-refractivity contribution >= 4 is 0 Å². The number of rotatable bonds is 4. The van der Waals surface area contributed by atoms with E-state index in [0.717, 1.165) is 30.7 Å². The van der Waals surface area contributed by atoms with Crippen LogP contribution in [0.1, 0.15) is 42.0 Å². The Hall–Kier alpha value is -1.57. The van der Waals surface area contributed by atoms with Crippen LogP contribution in [0.2, 0.25) is 0 Å². The highest BCUT2D eigenvalue weighted by Crippen LogP contribution is 2.20. The molecule has 0 amide bonds. The molecule has 0 aliphatic carbocycles. The van der Waals surface area contributed by atoms with E-state index in [1.807, 2.05) is 0 Å². The van der Waals surface area contributed by atoms with Gasteiger partial charge < -0.3 is 4.52 Å². The Bertz CT molecular complexity index is 461. The van der Waals surface area contributed by atoms with Gasteiger partial charge in [0.1, 0.15) is 5.76 Å². The highest BCUT2D eigenvalue weighted by atomic mass is 16.5. The van der Waals surface area contributed by atoms with Gasteiger partial charge in [-0.05, 0) is 18.9 Å². The molecule has 17 heavy (non-hydrogen) atoms. The zero-order chi connectivity index (χ0) is 12.3. The summed E-state index contributed by atoms with van der Waals surface area (Å²) in [5.41, 5.74) is 5.00. The van der Waals surface area contributed by atoms with Crippen molar-refractivity contribution in [1.82, 2.24) is 5.16 Å². The first-order valence-electron chi connectivity index (χ1n) is 6.26. The number of hydrogen-bond acceptors (Lipinski definition) is 2. The van der Waals surface area contributed by atoms with Crippen molar-refractivity contribution in [2.45, 2.75) is 40.0 Å². The average Bonchev–Trinajstić information content (AvgIpc) is 2.74. The lowest BCUT2D eigenvalue weighted by molar-refractivity contribution is 0.380. The quantitative estimate of drug-likeness (QED) is 0.799. The minimum absolute atomic E-state index is 0.911. The van der Waals surface area contributed by atoms with Gasteiger partial charge in [-0.2, -0.15) is 0 Å². The summed E-state index contributed by atoms with van der Waals surface area (Å²) in [6, 6.07) is 8.67. The Kier molecular flexibility index (Phi) is 3.62.